The van der Waals surface area contributed by atoms with E-state index in [4.69, 9.17) is 27.9 Å². The minimum Gasteiger partial charge on any atom is -0.496 e. The first-order chi connectivity index (χ1) is 13.5. The predicted octanol–water partition coefficient (Wildman–Crippen LogP) is 4.38. The Balaban J connectivity index is 1.87. The Morgan fingerprint density at radius 3 is 2.32 bits per heavy atom. The average molecular weight is 417 g/mol. The van der Waals surface area contributed by atoms with Gasteiger partial charge < -0.3 is 9.64 Å². The van der Waals surface area contributed by atoms with Crippen molar-refractivity contribution in [1.82, 2.24) is 4.90 Å². The third kappa shape index (κ3) is 3.05. The second-order valence-corrected chi connectivity index (χ2v) is 7.48. The molecular formula is C21H18Cl2N2O3. The summed E-state index contributed by atoms with van der Waals surface area (Å²) in [4.78, 5) is 30.0. The van der Waals surface area contributed by atoms with Gasteiger partial charge in [0.25, 0.3) is 11.8 Å². The van der Waals surface area contributed by atoms with E-state index in [2.05, 4.69) is 0 Å². The maximum Gasteiger partial charge on any atom is 0.282 e. The first-order valence-electron chi connectivity index (χ1n) is 8.99. The number of anilines is 1. The van der Waals surface area contributed by atoms with Crippen LogP contribution in [0.3, 0.4) is 0 Å². The summed E-state index contributed by atoms with van der Waals surface area (Å²) in [6.45, 7) is 1.48. The lowest BCUT2D eigenvalue weighted by Crippen LogP contribution is -2.34. The topological polar surface area (TPSA) is 49.9 Å². The van der Waals surface area contributed by atoms with Gasteiger partial charge in [0.05, 0.1) is 28.4 Å². The van der Waals surface area contributed by atoms with Gasteiger partial charge in [-0.15, -0.1) is 0 Å². The van der Waals surface area contributed by atoms with Gasteiger partial charge in [-0.1, -0.05) is 41.4 Å². The van der Waals surface area contributed by atoms with Crippen LogP contribution >= 0.6 is 23.2 Å². The molecule has 0 N–H and O–H groups in total. The molecule has 2 aliphatic rings. The second-order valence-electron chi connectivity index (χ2n) is 6.66. The third-order valence-corrected chi connectivity index (χ3v) is 5.76. The standard InChI is InChI=1S/C21H18Cl2N2O3/c1-28-17-7-3-2-6-14(17)18-19(24-10-4-5-11-24)21(27)25(20(18)26)13-8-9-15(22)16(23)12-13/h2-3,6-9,12H,4-5,10-11H2,1H3. The highest BCUT2D eigenvalue weighted by atomic mass is 35.5. The maximum atomic E-state index is 13.4. The number of carbonyl (C=O) groups is 2. The minimum absolute atomic E-state index is 0.285. The fraction of sp³-hybridized carbons (Fsp3) is 0.238. The largest absolute Gasteiger partial charge is 0.496 e. The van der Waals surface area contributed by atoms with Crippen molar-refractivity contribution >= 4 is 46.3 Å². The lowest BCUT2D eigenvalue weighted by molar-refractivity contribution is -0.120. The van der Waals surface area contributed by atoms with Crippen LogP contribution in [0.15, 0.2) is 48.2 Å². The Bertz CT molecular complexity index is 997. The average Bonchev–Trinajstić information content (AvgIpc) is 3.30. The number of hydrogen-bond acceptors (Lipinski definition) is 4. The predicted molar refractivity (Wildman–Crippen MR) is 110 cm³/mol. The summed E-state index contributed by atoms with van der Waals surface area (Å²) in [5.41, 5.74) is 1.77. The molecule has 0 atom stereocenters. The molecule has 1 saturated heterocycles. The first-order valence-corrected chi connectivity index (χ1v) is 9.75. The molecule has 0 radical (unpaired) electrons. The van der Waals surface area contributed by atoms with Crippen LogP contribution in [0.4, 0.5) is 5.69 Å². The molecule has 2 heterocycles. The molecule has 7 heteroatoms. The molecule has 0 aromatic heterocycles. The number of halogens is 2. The number of likely N-dealkylation sites (tertiary alicyclic amines) is 1. The molecule has 1 fully saturated rings. The Morgan fingerprint density at radius 1 is 0.929 bits per heavy atom. The van der Waals surface area contributed by atoms with Crippen LogP contribution < -0.4 is 9.64 Å². The Hall–Kier alpha value is -2.50. The maximum absolute atomic E-state index is 13.4. The van der Waals surface area contributed by atoms with Crippen LogP contribution in [0.1, 0.15) is 18.4 Å². The summed E-state index contributed by atoms with van der Waals surface area (Å²) in [5.74, 6) is -0.202. The van der Waals surface area contributed by atoms with E-state index in [0.717, 1.165) is 30.8 Å². The second kappa shape index (κ2) is 7.49. The highest BCUT2D eigenvalue weighted by Gasteiger charge is 2.43. The van der Waals surface area contributed by atoms with Gasteiger partial charge >= 0.3 is 0 Å². The SMILES string of the molecule is COc1ccccc1C1=C(N2CCCC2)C(=O)N(c2ccc(Cl)c(Cl)c2)C1=O. The number of nitrogens with zero attached hydrogens (tertiary/aromatic N) is 2. The minimum atomic E-state index is -0.394. The highest BCUT2D eigenvalue weighted by Crippen LogP contribution is 2.40. The molecule has 0 aliphatic carbocycles. The van der Waals surface area contributed by atoms with Gasteiger partial charge in [-0.3, -0.25) is 9.59 Å². The van der Waals surface area contributed by atoms with Crippen molar-refractivity contribution in [1.29, 1.82) is 0 Å². The van der Waals surface area contributed by atoms with E-state index in [1.165, 1.54) is 6.07 Å². The monoisotopic (exact) mass is 416 g/mol. The van der Waals surface area contributed by atoms with E-state index in [0.29, 0.717) is 33.3 Å². The van der Waals surface area contributed by atoms with Crippen LogP contribution in [0.5, 0.6) is 5.75 Å². The molecule has 4 rings (SSSR count). The van der Waals surface area contributed by atoms with E-state index in [-0.39, 0.29) is 10.9 Å². The number of imide groups is 1. The highest BCUT2D eigenvalue weighted by molar-refractivity contribution is 6.46. The van der Waals surface area contributed by atoms with Crippen molar-refractivity contribution in [3.8, 4) is 5.75 Å². The summed E-state index contributed by atoms with van der Waals surface area (Å²) < 4.78 is 5.45. The molecular weight excluding hydrogens is 399 g/mol. The van der Waals surface area contributed by atoms with Crippen molar-refractivity contribution in [2.75, 3.05) is 25.1 Å². The van der Waals surface area contributed by atoms with Gasteiger partial charge in [-0.25, -0.2) is 4.90 Å². The number of hydrogen-bond donors (Lipinski definition) is 0. The molecule has 0 unspecified atom stereocenters. The molecule has 2 amide bonds. The van der Waals surface area contributed by atoms with E-state index in [1.807, 2.05) is 17.0 Å². The molecule has 2 aromatic carbocycles. The van der Waals surface area contributed by atoms with E-state index in [1.54, 1.807) is 31.4 Å². The lowest BCUT2D eigenvalue weighted by atomic mass is 10.0. The Labute approximate surface area is 173 Å². The lowest BCUT2D eigenvalue weighted by Gasteiger charge is -2.20. The quantitative estimate of drug-likeness (QED) is 0.693. The smallest absolute Gasteiger partial charge is 0.282 e. The van der Waals surface area contributed by atoms with Crippen molar-refractivity contribution in [2.45, 2.75) is 12.8 Å². The number of amides is 2. The summed E-state index contributed by atoms with van der Waals surface area (Å²) in [5, 5.41) is 0.649. The van der Waals surface area contributed by atoms with Gasteiger partial charge in [0.1, 0.15) is 11.4 Å². The molecule has 0 bridgehead atoms. The van der Waals surface area contributed by atoms with Crippen molar-refractivity contribution in [3.05, 3.63) is 63.8 Å². The van der Waals surface area contributed by atoms with Crippen LogP contribution in [0, 0.1) is 0 Å². The summed E-state index contributed by atoms with van der Waals surface area (Å²) in [6, 6.07) is 12.0. The molecule has 144 valence electrons. The van der Waals surface area contributed by atoms with Crippen molar-refractivity contribution in [2.24, 2.45) is 0 Å². The zero-order chi connectivity index (χ0) is 19.8. The van der Waals surface area contributed by atoms with Crippen LogP contribution in [0.25, 0.3) is 5.57 Å². The molecule has 5 nitrogen and oxygen atoms in total. The first kappa shape index (κ1) is 18.8. The summed E-state index contributed by atoms with van der Waals surface area (Å²) >= 11 is 12.1. The third-order valence-electron chi connectivity index (χ3n) is 5.02. The number of methoxy groups -OCH3 is 1. The van der Waals surface area contributed by atoms with Crippen LogP contribution in [-0.4, -0.2) is 36.9 Å². The molecule has 2 aromatic rings. The van der Waals surface area contributed by atoms with E-state index >= 15 is 0 Å². The number of rotatable bonds is 4. The van der Waals surface area contributed by atoms with Crippen LogP contribution in [-0.2, 0) is 9.59 Å². The normalized spacial score (nSPS) is 17.1. The summed E-state index contributed by atoms with van der Waals surface area (Å²) in [6.07, 6.45) is 1.97. The van der Waals surface area contributed by atoms with Gasteiger partial charge in [-0.2, -0.15) is 0 Å². The molecule has 0 spiro atoms. The zero-order valence-corrected chi connectivity index (χ0v) is 16.8. The molecule has 2 aliphatic heterocycles. The van der Waals surface area contributed by atoms with E-state index < -0.39 is 5.91 Å². The van der Waals surface area contributed by atoms with Crippen LogP contribution in [0.2, 0.25) is 10.0 Å². The van der Waals surface area contributed by atoms with Gasteiger partial charge in [0, 0.05) is 18.7 Å². The summed E-state index contributed by atoms with van der Waals surface area (Å²) in [7, 11) is 1.55. The van der Waals surface area contributed by atoms with Gasteiger partial charge in [0.15, 0.2) is 0 Å². The number of benzene rings is 2. The number of para-hydroxylation sites is 1. The molecule has 0 saturated carbocycles. The Kier molecular flexibility index (Phi) is 5.04. The van der Waals surface area contributed by atoms with Crippen molar-refractivity contribution in [3.63, 3.8) is 0 Å². The van der Waals surface area contributed by atoms with E-state index in [9.17, 15) is 9.59 Å². The number of ether oxygens (including phenoxy) is 1. The zero-order valence-electron chi connectivity index (χ0n) is 15.2. The Morgan fingerprint density at radius 2 is 1.64 bits per heavy atom. The fourth-order valence-corrected chi connectivity index (χ4v) is 4.00. The van der Waals surface area contributed by atoms with Gasteiger partial charge in [-0.05, 0) is 37.1 Å². The van der Waals surface area contributed by atoms with Gasteiger partial charge in [0.2, 0.25) is 0 Å². The fourth-order valence-electron chi connectivity index (χ4n) is 3.70. The van der Waals surface area contributed by atoms with Crippen molar-refractivity contribution < 1.29 is 14.3 Å². The number of carbonyl (C=O) groups excluding carboxylic acids is 2. The molecule has 28 heavy (non-hydrogen) atoms.